The van der Waals surface area contributed by atoms with E-state index in [0.29, 0.717) is 17.8 Å². The Labute approximate surface area is 188 Å². The molecule has 6 heteroatoms. The highest BCUT2D eigenvalue weighted by Gasteiger charge is 2.84. The van der Waals surface area contributed by atoms with Crippen molar-refractivity contribution < 1.29 is 23.8 Å². The summed E-state index contributed by atoms with van der Waals surface area (Å²) in [6.45, 7) is 6.23. The Morgan fingerprint density at radius 3 is 2.66 bits per heavy atom. The second-order valence-corrected chi connectivity index (χ2v) is 11.6. The van der Waals surface area contributed by atoms with Gasteiger partial charge in [0, 0.05) is 24.3 Å². The number of hydrogen-bond acceptors (Lipinski definition) is 6. The zero-order valence-corrected chi connectivity index (χ0v) is 19.2. The Morgan fingerprint density at radius 2 is 1.94 bits per heavy atom. The van der Waals surface area contributed by atoms with Gasteiger partial charge >= 0.3 is 11.6 Å². The summed E-state index contributed by atoms with van der Waals surface area (Å²) in [5, 5.41) is 10.3. The van der Waals surface area contributed by atoms with Crippen molar-refractivity contribution in [2.75, 3.05) is 0 Å². The topological polar surface area (TPSA) is 89.3 Å². The Bertz CT molecular complexity index is 982. The van der Waals surface area contributed by atoms with E-state index in [2.05, 4.69) is 13.8 Å². The van der Waals surface area contributed by atoms with Gasteiger partial charge in [-0.05, 0) is 79.7 Å². The number of epoxide rings is 1. The SMILES string of the molecule is CC(=O)O[C@H]1[C@H]2O[C@@]23[C@@H]2CC[C@H]4C[C@@H](O)CC[C@]4(C)[C@H]2CC[C@]3(C)[C@@H]1c1ccc(=O)oc1. The zero-order valence-electron chi connectivity index (χ0n) is 19.2. The van der Waals surface area contributed by atoms with E-state index >= 15 is 0 Å². The molecule has 1 aliphatic heterocycles. The van der Waals surface area contributed by atoms with Gasteiger partial charge < -0.3 is 19.0 Å². The van der Waals surface area contributed by atoms with E-state index in [9.17, 15) is 14.7 Å². The van der Waals surface area contributed by atoms with E-state index in [1.54, 1.807) is 6.26 Å². The van der Waals surface area contributed by atoms with Gasteiger partial charge in [0.2, 0.25) is 0 Å². The molecule has 1 N–H and O–H groups in total. The average Bonchev–Trinajstić information content (AvgIpc) is 3.44. The number of aliphatic hydroxyl groups excluding tert-OH is 1. The lowest BCUT2D eigenvalue weighted by molar-refractivity contribution is -0.158. The summed E-state index contributed by atoms with van der Waals surface area (Å²) < 4.78 is 17.8. The fourth-order valence-corrected chi connectivity index (χ4v) is 9.10. The highest BCUT2D eigenvalue weighted by Crippen LogP contribution is 2.78. The van der Waals surface area contributed by atoms with E-state index in [4.69, 9.17) is 13.9 Å². The van der Waals surface area contributed by atoms with Gasteiger partial charge in [-0.3, -0.25) is 4.79 Å². The first-order valence-corrected chi connectivity index (χ1v) is 12.3. The Morgan fingerprint density at radius 1 is 1.12 bits per heavy atom. The second-order valence-electron chi connectivity index (χ2n) is 11.6. The molecule has 2 heterocycles. The predicted octanol–water partition coefficient (Wildman–Crippen LogP) is 3.80. The minimum absolute atomic E-state index is 0.0471. The molecule has 1 aromatic rings. The highest BCUT2D eigenvalue weighted by atomic mass is 16.7. The van der Waals surface area contributed by atoms with Crippen molar-refractivity contribution in [1.82, 2.24) is 0 Å². The number of carbonyl (C=O) groups is 1. The van der Waals surface area contributed by atoms with Gasteiger partial charge in [-0.25, -0.2) is 4.79 Å². The maximum absolute atomic E-state index is 12.1. The number of fused-ring (bicyclic) bond motifs is 3. The molecule has 5 fully saturated rings. The quantitative estimate of drug-likeness (QED) is 0.554. The third-order valence-electron chi connectivity index (χ3n) is 10.5. The fourth-order valence-electron chi connectivity index (χ4n) is 9.10. The van der Waals surface area contributed by atoms with Crippen molar-refractivity contribution in [2.45, 2.75) is 95.5 Å². The van der Waals surface area contributed by atoms with Gasteiger partial charge in [-0.15, -0.1) is 0 Å². The molecule has 0 aromatic carbocycles. The van der Waals surface area contributed by atoms with E-state index in [-0.39, 0.29) is 52.3 Å². The van der Waals surface area contributed by atoms with Crippen LogP contribution >= 0.6 is 0 Å². The summed E-state index contributed by atoms with van der Waals surface area (Å²) >= 11 is 0. The lowest BCUT2D eigenvalue weighted by Crippen LogP contribution is -2.58. The van der Waals surface area contributed by atoms with Crippen molar-refractivity contribution in [1.29, 1.82) is 0 Å². The normalized spacial score (nSPS) is 51.1. The first kappa shape index (κ1) is 20.9. The van der Waals surface area contributed by atoms with Crippen LogP contribution < -0.4 is 5.63 Å². The Kier molecular flexibility index (Phi) is 4.37. The first-order chi connectivity index (χ1) is 15.2. The molecule has 1 aromatic heterocycles. The van der Waals surface area contributed by atoms with Crippen LogP contribution in [0, 0.1) is 28.6 Å². The summed E-state index contributed by atoms with van der Waals surface area (Å²) in [6.07, 6.45) is 8.20. The van der Waals surface area contributed by atoms with Crippen molar-refractivity contribution in [3.63, 3.8) is 0 Å². The molecule has 5 aliphatic rings. The molecular weight excluding hydrogens is 408 g/mol. The van der Waals surface area contributed by atoms with Crippen molar-refractivity contribution in [3.05, 3.63) is 34.4 Å². The smallest absolute Gasteiger partial charge is 0.335 e. The molecule has 1 spiro atoms. The first-order valence-electron chi connectivity index (χ1n) is 12.3. The van der Waals surface area contributed by atoms with Gasteiger partial charge in [-0.2, -0.15) is 0 Å². The van der Waals surface area contributed by atoms with Crippen LogP contribution in [-0.2, 0) is 14.3 Å². The maximum atomic E-state index is 12.1. The van der Waals surface area contributed by atoms with Crippen LogP contribution in [0.2, 0.25) is 0 Å². The third-order valence-corrected chi connectivity index (χ3v) is 10.5. The van der Waals surface area contributed by atoms with Crippen molar-refractivity contribution in [3.8, 4) is 0 Å². The lowest BCUT2D eigenvalue weighted by atomic mass is 9.44. The van der Waals surface area contributed by atoms with E-state index < -0.39 is 0 Å². The van der Waals surface area contributed by atoms with Crippen molar-refractivity contribution >= 4 is 5.97 Å². The van der Waals surface area contributed by atoms with Gasteiger partial charge in [0.1, 0.15) is 17.8 Å². The summed E-state index contributed by atoms with van der Waals surface area (Å²) in [6, 6.07) is 3.30. The molecule has 0 unspecified atom stereocenters. The standard InChI is InChI=1S/C26H34O6/c1-14(27)31-22-21(15-4-7-20(29)30-13-15)25(3)11-9-18-19(26(25)23(22)32-26)6-5-16-12-17(28)8-10-24(16,18)2/h4,7,13,16-19,21-23,28H,5-6,8-12H2,1-3H3/t16-,17-,18-,19+,21+,22+,23+,24-,25+,26-/m0/s1. The predicted molar refractivity (Wildman–Crippen MR) is 116 cm³/mol. The Balaban J connectivity index is 1.41. The highest BCUT2D eigenvalue weighted by molar-refractivity contribution is 5.66. The van der Waals surface area contributed by atoms with Gasteiger partial charge in [0.15, 0.2) is 0 Å². The monoisotopic (exact) mass is 442 g/mol. The molecule has 4 aliphatic carbocycles. The fraction of sp³-hybridized carbons (Fsp3) is 0.769. The van der Waals surface area contributed by atoms with E-state index in [1.807, 2.05) is 6.07 Å². The summed E-state index contributed by atoms with van der Waals surface area (Å²) in [4.78, 5) is 23.7. The van der Waals surface area contributed by atoms with Crippen LogP contribution in [0.15, 0.2) is 27.6 Å². The maximum Gasteiger partial charge on any atom is 0.335 e. The van der Waals surface area contributed by atoms with Crippen LogP contribution in [0.25, 0.3) is 0 Å². The van der Waals surface area contributed by atoms with Crippen LogP contribution in [0.5, 0.6) is 0 Å². The van der Waals surface area contributed by atoms with Gasteiger partial charge in [-0.1, -0.05) is 13.8 Å². The van der Waals surface area contributed by atoms with Crippen LogP contribution in [0.3, 0.4) is 0 Å². The third kappa shape index (κ3) is 2.54. The van der Waals surface area contributed by atoms with Crippen LogP contribution in [0.4, 0.5) is 0 Å². The van der Waals surface area contributed by atoms with Crippen LogP contribution in [-0.4, -0.2) is 35.0 Å². The van der Waals surface area contributed by atoms with Gasteiger partial charge in [0.05, 0.1) is 12.4 Å². The minimum Gasteiger partial charge on any atom is -0.459 e. The molecule has 6 rings (SSSR count). The molecule has 0 radical (unpaired) electrons. The summed E-state index contributed by atoms with van der Waals surface area (Å²) in [5.74, 6) is 1.24. The number of aliphatic hydroxyl groups is 1. The van der Waals surface area contributed by atoms with Gasteiger partial charge in [0.25, 0.3) is 0 Å². The van der Waals surface area contributed by atoms with E-state index in [0.717, 1.165) is 50.5 Å². The lowest BCUT2D eigenvalue weighted by Gasteiger charge is -2.61. The number of hydrogen-bond donors (Lipinski definition) is 1. The minimum atomic E-state index is -0.369. The molecule has 10 atom stereocenters. The largest absolute Gasteiger partial charge is 0.459 e. The number of rotatable bonds is 2. The number of carbonyl (C=O) groups excluding carboxylic acids is 1. The molecular formula is C26H34O6. The van der Waals surface area contributed by atoms with Crippen molar-refractivity contribution in [2.24, 2.45) is 28.6 Å². The number of esters is 1. The molecule has 0 amide bonds. The summed E-state index contributed by atoms with van der Waals surface area (Å²) in [5.41, 5.74) is 0.319. The molecule has 0 bridgehead atoms. The van der Waals surface area contributed by atoms with Crippen LogP contribution in [0.1, 0.15) is 77.2 Å². The summed E-state index contributed by atoms with van der Waals surface area (Å²) in [7, 11) is 0. The molecule has 6 nitrogen and oxygen atoms in total. The molecule has 1 saturated heterocycles. The average molecular weight is 443 g/mol. The zero-order chi connectivity index (χ0) is 22.5. The molecule has 174 valence electrons. The Hall–Kier alpha value is -1.66. The molecule has 4 saturated carbocycles. The number of ether oxygens (including phenoxy) is 2. The van der Waals surface area contributed by atoms with E-state index in [1.165, 1.54) is 13.0 Å². The second kappa shape index (κ2) is 6.69. The molecule has 32 heavy (non-hydrogen) atoms.